The molecule has 1 heterocycles. The van der Waals surface area contributed by atoms with Crippen molar-refractivity contribution in [1.29, 1.82) is 0 Å². The van der Waals surface area contributed by atoms with Crippen molar-refractivity contribution in [3.8, 4) is 11.4 Å². The van der Waals surface area contributed by atoms with Crippen molar-refractivity contribution in [2.45, 2.75) is 59.8 Å². The maximum Gasteiger partial charge on any atom is 0.146 e. The maximum atomic E-state index is 10.9. The van der Waals surface area contributed by atoms with Gasteiger partial charge in [-0.2, -0.15) is 0 Å². The lowest BCUT2D eigenvalue weighted by Crippen LogP contribution is -2.03. The minimum atomic E-state index is 0.301. The molecule has 1 aromatic heterocycles. The number of hydrogen-bond donors (Lipinski definition) is 1. The molecule has 2 aromatic carbocycles. The van der Waals surface area contributed by atoms with Gasteiger partial charge in [0.05, 0.1) is 0 Å². The number of fused-ring (bicyclic) bond motifs is 1. The molecule has 1 atom stereocenters. The second kappa shape index (κ2) is 8.55. The highest BCUT2D eigenvalue weighted by Crippen LogP contribution is 2.30. The fraction of sp³-hybridized carbons (Fsp3) is 0.478. The molecule has 0 amide bonds. The van der Waals surface area contributed by atoms with E-state index >= 15 is 0 Å². The topological polar surface area (TPSA) is 50.9 Å². The first kappa shape index (κ1) is 19.4. The number of aromatic hydroxyl groups is 1. The third kappa shape index (κ3) is 4.88. The van der Waals surface area contributed by atoms with Crippen LogP contribution in [0.1, 0.15) is 57.6 Å². The molecule has 4 nitrogen and oxygen atoms in total. The van der Waals surface area contributed by atoms with Gasteiger partial charge in [-0.25, -0.2) is 0 Å². The van der Waals surface area contributed by atoms with Crippen molar-refractivity contribution < 1.29 is 5.11 Å². The molecule has 0 aliphatic carbocycles. The molecule has 0 aliphatic rings. The van der Waals surface area contributed by atoms with Crippen molar-refractivity contribution in [2.75, 3.05) is 0 Å². The molecule has 0 aliphatic heterocycles. The molecule has 0 bridgehead atoms. The number of aromatic nitrogens is 3. The van der Waals surface area contributed by atoms with Gasteiger partial charge in [-0.1, -0.05) is 58.2 Å². The fourth-order valence-electron chi connectivity index (χ4n) is 3.56. The van der Waals surface area contributed by atoms with E-state index in [0.717, 1.165) is 40.9 Å². The van der Waals surface area contributed by atoms with Crippen LogP contribution in [0.4, 0.5) is 0 Å². The zero-order chi connectivity index (χ0) is 19.4. The molecule has 1 N–H and O–H groups in total. The Bertz CT molecular complexity index is 865. The van der Waals surface area contributed by atoms with E-state index in [0.29, 0.717) is 17.4 Å². The molecule has 0 saturated heterocycles. The smallest absolute Gasteiger partial charge is 0.146 e. The molecule has 1 unspecified atom stereocenters. The van der Waals surface area contributed by atoms with Crippen molar-refractivity contribution in [1.82, 2.24) is 15.0 Å². The minimum Gasteiger partial charge on any atom is -0.505 e. The van der Waals surface area contributed by atoms with Crippen LogP contribution in [0.2, 0.25) is 0 Å². The lowest BCUT2D eigenvalue weighted by molar-refractivity contribution is 0.427. The normalized spacial score (nSPS) is 12.8. The summed E-state index contributed by atoms with van der Waals surface area (Å²) < 4.78 is 0. The number of rotatable bonds is 8. The second-order valence-electron chi connectivity index (χ2n) is 8.24. The summed E-state index contributed by atoms with van der Waals surface area (Å²) in [7, 11) is 0. The largest absolute Gasteiger partial charge is 0.505 e. The van der Waals surface area contributed by atoms with Crippen molar-refractivity contribution >= 4 is 11.0 Å². The van der Waals surface area contributed by atoms with Crippen molar-refractivity contribution in [3.63, 3.8) is 0 Å². The van der Waals surface area contributed by atoms with Gasteiger partial charge in [-0.15, -0.1) is 15.0 Å². The van der Waals surface area contributed by atoms with E-state index in [9.17, 15) is 5.11 Å². The van der Waals surface area contributed by atoms with Gasteiger partial charge >= 0.3 is 0 Å². The first-order valence-corrected chi connectivity index (χ1v) is 10.1. The van der Waals surface area contributed by atoms with Crippen LogP contribution in [-0.4, -0.2) is 20.1 Å². The second-order valence-corrected chi connectivity index (χ2v) is 8.24. The number of aryl methyl sites for hydroxylation is 2. The Labute approximate surface area is 162 Å². The summed E-state index contributed by atoms with van der Waals surface area (Å²) in [6.07, 6.45) is 5.80. The van der Waals surface area contributed by atoms with E-state index < -0.39 is 0 Å². The molecule has 0 radical (unpaired) electrons. The first-order valence-electron chi connectivity index (χ1n) is 10.1. The summed E-state index contributed by atoms with van der Waals surface area (Å²) in [4.78, 5) is 1.56. The Morgan fingerprint density at radius 3 is 2.26 bits per heavy atom. The van der Waals surface area contributed by atoms with Gasteiger partial charge in [0.2, 0.25) is 0 Å². The van der Waals surface area contributed by atoms with Crippen molar-refractivity contribution in [2.24, 2.45) is 11.8 Å². The van der Waals surface area contributed by atoms with E-state index in [1.54, 1.807) is 4.80 Å². The summed E-state index contributed by atoms with van der Waals surface area (Å²) in [5, 5.41) is 19.9. The Morgan fingerprint density at radius 2 is 1.63 bits per heavy atom. The fourth-order valence-corrected chi connectivity index (χ4v) is 3.56. The number of nitrogens with zero attached hydrogens (tertiary/aromatic N) is 3. The molecule has 3 aromatic rings. The highest BCUT2D eigenvalue weighted by Gasteiger charge is 2.14. The highest BCUT2D eigenvalue weighted by atomic mass is 16.3. The molecule has 144 valence electrons. The van der Waals surface area contributed by atoms with Crippen LogP contribution < -0.4 is 0 Å². The van der Waals surface area contributed by atoms with Crippen LogP contribution in [0.25, 0.3) is 16.7 Å². The average Bonchev–Trinajstić information content (AvgIpc) is 3.05. The quantitative estimate of drug-likeness (QED) is 0.546. The monoisotopic (exact) mass is 365 g/mol. The summed E-state index contributed by atoms with van der Waals surface area (Å²) in [6.45, 7) is 8.94. The van der Waals surface area contributed by atoms with E-state index in [4.69, 9.17) is 0 Å². The van der Waals surface area contributed by atoms with Crippen LogP contribution in [-0.2, 0) is 6.42 Å². The summed E-state index contributed by atoms with van der Waals surface area (Å²) >= 11 is 0. The number of phenolic OH excluding ortho intramolecular Hbond substituents is 1. The molecule has 0 fully saturated rings. The molecule has 0 spiro atoms. The SMILES string of the molecule is Cc1cc(CCC(C)CCCC(C)C)c(O)c(-n2nc3ccccc3n2)c1. The summed E-state index contributed by atoms with van der Waals surface area (Å²) in [5.74, 6) is 1.74. The van der Waals surface area contributed by atoms with Gasteiger partial charge in [-0.3, -0.25) is 0 Å². The molecular weight excluding hydrogens is 334 g/mol. The number of hydrogen-bond acceptors (Lipinski definition) is 3. The molecule has 4 heteroatoms. The van der Waals surface area contributed by atoms with Crippen LogP contribution in [0.3, 0.4) is 0 Å². The van der Waals surface area contributed by atoms with Crippen LogP contribution in [0, 0.1) is 18.8 Å². The number of benzene rings is 2. The molecular formula is C23H31N3O. The average molecular weight is 366 g/mol. The van der Waals surface area contributed by atoms with E-state index in [2.05, 4.69) is 44.0 Å². The van der Waals surface area contributed by atoms with Crippen molar-refractivity contribution in [3.05, 3.63) is 47.5 Å². The van der Waals surface area contributed by atoms with E-state index in [1.807, 2.05) is 30.3 Å². The van der Waals surface area contributed by atoms with Gasteiger partial charge in [0.25, 0.3) is 0 Å². The maximum absolute atomic E-state index is 10.9. The predicted molar refractivity (Wildman–Crippen MR) is 111 cm³/mol. The Kier molecular flexibility index (Phi) is 6.15. The van der Waals surface area contributed by atoms with Gasteiger partial charge in [-0.05, 0) is 60.9 Å². The summed E-state index contributed by atoms with van der Waals surface area (Å²) in [6, 6.07) is 11.8. The Hall–Kier alpha value is -2.36. The van der Waals surface area contributed by atoms with Crippen LogP contribution in [0.15, 0.2) is 36.4 Å². The van der Waals surface area contributed by atoms with Gasteiger partial charge in [0.1, 0.15) is 22.5 Å². The highest BCUT2D eigenvalue weighted by molar-refractivity contribution is 5.73. The molecule has 0 saturated carbocycles. The van der Waals surface area contributed by atoms with Crippen LogP contribution in [0.5, 0.6) is 5.75 Å². The third-order valence-corrected chi connectivity index (χ3v) is 5.20. The lowest BCUT2D eigenvalue weighted by atomic mass is 9.93. The van der Waals surface area contributed by atoms with Gasteiger partial charge < -0.3 is 5.11 Å². The van der Waals surface area contributed by atoms with E-state index in [1.165, 1.54) is 19.3 Å². The zero-order valence-corrected chi connectivity index (χ0v) is 16.9. The third-order valence-electron chi connectivity index (χ3n) is 5.20. The predicted octanol–water partition coefficient (Wildman–Crippen LogP) is 5.83. The zero-order valence-electron chi connectivity index (χ0n) is 16.9. The molecule has 3 rings (SSSR count). The minimum absolute atomic E-state index is 0.301. The summed E-state index contributed by atoms with van der Waals surface area (Å²) in [5.41, 5.74) is 4.43. The Balaban J connectivity index is 1.75. The lowest BCUT2D eigenvalue weighted by Gasteiger charge is -2.15. The van der Waals surface area contributed by atoms with Crippen LogP contribution >= 0.6 is 0 Å². The van der Waals surface area contributed by atoms with Gasteiger partial charge in [0.15, 0.2) is 0 Å². The Morgan fingerprint density at radius 1 is 0.963 bits per heavy atom. The number of phenols is 1. The van der Waals surface area contributed by atoms with E-state index in [-0.39, 0.29) is 0 Å². The van der Waals surface area contributed by atoms with Gasteiger partial charge in [0, 0.05) is 0 Å². The first-order chi connectivity index (χ1) is 12.9. The standard InChI is InChI=1S/C23H31N3O/c1-16(2)8-7-9-17(3)12-13-19-14-18(4)15-22(23(19)27)26-24-20-10-5-6-11-21(20)25-26/h5-6,10-11,14-17,27H,7-9,12-13H2,1-4H3. The molecule has 27 heavy (non-hydrogen) atoms.